The minimum absolute atomic E-state index is 0. The highest BCUT2D eigenvalue weighted by Crippen LogP contribution is 2.44. The van der Waals surface area contributed by atoms with Crippen molar-refractivity contribution < 1.29 is 9.84 Å². The third kappa shape index (κ3) is 4.55. The molecule has 5 aliphatic heterocycles. The minimum Gasteiger partial charge on any atom is -0.508 e. The summed E-state index contributed by atoms with van der Waals surface area (Å²) < 4.78 is 6.67. The lowest BCUT2D eigenvalue weighted by molar-refractivity contribution is 0.110. The minimum atomic E-state index is 0. The van der Waals surface area contributed by atoms with Crippen LogP contribution in [-0.4, -0.2) is 71.9 Å². The van der Waals surface area contributed by atoms with Crippen molar-refractivity contribution in [3.8, 4) is 30.0 Å². The van der Waals surface area contributed by atoms with Crippen LogP contribution in [0.5, 0.6) is 11.6 Å². The Bertz CT molecular complexity index is 1670. The van der Waals surface area contributed by atoms with Gasteiger partial charge in [-0.05, 0) is 75.6 Å². The molecule has 2 bridgehead atoms. The number of ether oxygens (including phenoxy) is 1. The van der Waals surface area contributed by atoms with Crippen molar-refractivity contribution in [1.82, 2.24) is 15.2 Å². The fourth-order valence-electron chi connectivity index (χ4n) is 8.77. The number of terminal acetylenes is 1. The molecule has 228 valence electrons. The second kappa shape index (κ2) is 11.3. The van der Waals surface area contributed by atoms with Crippen molar-refractivity contribution in [2.45, 2.75) is 69.1 Å². The molecule has 0 unspecified atom stereocenters. The first-order valence-electron chi connectivity index (χ1n) is 15.9. The molecule has 0 spiro atoms. The number of aromatic hydroxyl groups is 1. The molecule has 1 aromatic heterocycles. The number of nitrogens with one attached hydrogen (secondary N) is 1. The van der Waals surface area contributed by atoms with Gasteiger partial charge in [0.25, 0.3) is 0 Å². The van der Waals surface area contributed by atoms with E-state index in [1.54, 1.807) is 6.07 Å². The first-order valence-corrected chi connectivity index (χ1v) is 15.9. The number of benzene rings is 2. The molecule has 4 fully saturated rings. The Hall–Kier alpha value is -3.69. The van der Waals surface area contributed by atoms with Crippen LogP contribution in [0.4, 0.5) is 11.5 Å². The van der Waals surface area contributed by atoms with Gasteiger partial charge < -0.3 is 25.0 Å². The molecule has 9 heteroatoms. The molecule has 2 aromatic carbocycles. The summed E-state index contributed by atoms with van der Waals surface area (Å²) >= 11 is 0. The zero-order chi connectivity index (χ0) is 29.1. The van der Waals surface area contributed by atoms with Gasteiger partial charge in [0.1, 0.15) is 29.8 Å². The van der Waals surface area contributed by atoms with E-state index < -0.39 is 0 Å². The summed E-state index contributed by atoms with van der Waals surface area (Å²) in [5, 5.41) is 26.8. The van der Waals surface area contributed by atoms with Gasteiger partial charge in [0, 0.05) is 72.1 Å². The maximum absolute atomic E-state index is 10.7. The first-order chi connectivity index (χ1) is 21.1. The summed E-state index contributed by atoms with van der Waals surface area (Å²) in [5.41, 5.74) is 4.47. The summed E-state index contributed by atoms with van der Waals surface area (Å²) in [4.78, 5) is 12.6. The van der Waals surface area contributed by atoms with Gasteiger partial charge in [-0.1, -0.05) is 18.1 Å². The summed E-state index contributed by atoms with van der Waals surface area (Å²) in [6.07, 6.45) is 13.7. The lowest BCUT2D eigenvalue weighted by Crippen LogP contribution is -2.53. The van der Waals surface area contributed by atoms with E-state index in [1.807, 2.05) is 24.3 Å². The maximum Gasteiger partial charge on any atom is 0.234 e. The van der Waals surface area contributed by atoms with Crippen molar-refractivity contribution in [2.75, 3.05) is 49.1 Å². The van der Waals surface area contributed by atoms with Gasteiger partial charge in [0.2, 0.25) is 5.88 Å². The fraction of sp³-hybridized carbons (Fsp3) is 0.486. The summed E-state index contributed by atoms with van der Waals surface area (Å²) in [6, 6.07) is 12.8. The number of hydrogen-bond donors (Lipinski definition) is 2. The van der Waals surface area contributed by atoms with Gasteiger partial charge in [-0.15, -0.1) is 18.8 Å². The quantitative estimate of drug-likeness (QED) is 0.401. The Morgan fingerprint density at radius 2 is 1.86 bits per heavy atom. The molecule has 2 N–H and O–H groups in total. The fourth-order valence-corrected chi connectivity index (χ4v) is 8.77. The largest absolute Gasteiger partial charge is 0.508 e. The van der Waals surface area contributed by atoms with Crippen LogP contribution in [0, 0.1) is 23.7 Å². The van der Waals surface area contributed by atoms with Crippen molar-refractivity contribution in [3.63, 3.8) is 0 Å². The van der Waals surface area contributed by atoms with Crippen molar-refractivity contribution >= 4 is 34.7 Å². The second-order valence-electron chi connectivity index (χ2n) is 13.0. The number of phenols is 1. The SMILES string of the molecule is C#Cc1cccc2cc(O)cc(N3CCc4c(N5[C@@H]6CC[C@H]5CNC6)nc(OCC56CCCN5CCC6)c(C#N)c4C3)c12.Cl. The number of pyridine rings is 1. The monoisotopic (exact) mass is 610 g/mol. The van der Waals surface area contributed by atoms with Crippen LogP contribution < -0.4 is 19.9 Å². The average Bonchev–Trinajstić information content (AvgIpc) is 3.68. The molecule has 0 aliphatic carbocycles. The molecule has 4 saturated heterocycles. The van der Waals surface area contributed by atoms with E-state index in [0.717, 1.165) is 98.2 Å². The van der Waals surface area contributed by atoms with E-state index in [2.05, 4.69) is 32.0 Å². The number of halogens is 1. The van der Waals surface area contributed by atoms with Gasteiger partial charge >= 0.3 is 0 Å². The molecule has 0 saturated carbocycles. The van der Waals surface area contributed by atoms with Crippen LogP contribution in [-0.2, 0) is 13.0 Å². The van der Waals surface area contributed by atoms with E-state index in [0.29, 0.717) is 36.7 Å². The Kier molecular flexibility index (Phi) is 7.49. The maximum atomic E-state index is 10.7. The highest BCUT2D eigenvalue weighted by atomic mass is 35.5. The number of nitriles is 1. The molecule has 8 nitrogen and oxygen atoms in total. The van der Waals surface area contributed by atoms with Gasteiger partial charge in [0.15, 0.2) is 0 Å². The van der Waals surface area contributed by atoms with Gasteiger partial charge in [0.05, 0.1) is 5.54 Å². The number of fused-ring (bicyclic) bond motifs is 5. The third-order valence-electron chi connectivity index (χ3n) is 10.8. The molecule has 8 rings (SSSR count). The second-order valence-corrected chi connectivity index (χ2v) is 13.0. The van der Waals surface area contributed by atoms with Crippen LogP contribution in [0.2, 0.25) is 0 Å². The van der Waals surface area contributed by atoms with Crippen molar-refractivity contribution in [3.05, 3.63) is 52.6 Å². The van der Waals surface area contributed by atoms with E-state index in [9.17, 15) is 10.4 Å². The predicted molar refractivity (Wildman–Crippen MR) is 175 cm³/mol. The van der Waals surface area contributed by atoms with Crippen LogP contribution in [0.15, 0.2) is 30.3 Å². The standard InChI is InChI=1S/C35H38N6O2.ClH/c1-2-23-6-3-7-24-16-27(42)17-31(32(23)24)39-15-10-28-30(21-39)29(18-36)34(43-22-35-11-4-13-40(35)14-5-12-35)38-33(28)41-25-8-9-26(41)20-37-19-25;/h1,3,6-7,16-17,25-26,37,42H,4-5,8-15,19-22H2;1H/t25-,26+;. The topological polar surface area (TPSA) is 87.9 Å². The molecule has 5 aliphatic rings. The molecule has 2 atom stereocenters. The van der Waals surface area contributed by atoms with Crippen molar-refractivity contribution in [2.24, 2.45) is 0 Å². The third-order valence-corrected chi connectivity index (χ3v) is 10.8. The number of nitrogens with zero attached hydrogens (tertiary/aromatic N) is 5. The first kappa shape index (κ1) is 29.0. The molecular weight excluding hydrogens is 572 g/mol. The smallest absolute Gasteiger partial charge is 0.234 e. The summed E-state index contributed by atoms with van der Waals surface area (Å²) in [6.45, 7) is 6.02. The number of piperazine rings is 1. The number of aromatic nitrogens is 1. The van der Waals surface area contributed by atoms with Crippen LogP contribution in [0.1, 0.15) is 60.8 Å². The van der Waals surface area contributed by atoms with E-state index in [1.165, 1.54) is 18.4 Å². The van der Waals surface area contributed by atoms with Crippen molar-refractivity contribution in [1.29, 1.82) is 5.26 Å². The van der Waals surface area contributed by atoms with Crippen LogP contribution >= 0.6 is 12.4 Å². The van der Waals surface area contributed by atoms with Gasteiger partial charge in [-0.2, -0.15) is 10.2 Å². The lowest BCUT2D eigenvalue weighted by atomic mass is 9.93. The molecule has 44 heavy (non-hydrogen) atoms. The zero-order valence-electron chi connectivity index (χ0n) is 25.0. The Morgan fingerprint density at radius 1 is 1.09 bits per heavy atom. The average molecular weight is 611 g/mol. The van der Waals surface area contributed by atoms with E-state index >= 15 is 0 Å². The Morgan fingerprint density at radius 3 is 2.59 bits per heavy atom. The predicted octanol–water partition coefficient (Wildman–Crippen LogP) is 4.73. The van der Waals surface area contributed by atoms with E-state index in [4.69, 9.17) is 16.1 Å². The van der Waals surface area contributed by atoms with Crippen LogP contribution in [0.3, 0.4) is 0 Å². The molecule has 3 aromatic rings. The van der Waals surface area contributed by atoms with E-state index in [-0.39, 0.29) is 23.7 Å². The lowest BCUT2D eigenvalue weighted by Gasteiger charge is -2.40. The molecule has 0 radical (unpaired) electrons. The molecule has 6 heterocycles. The Balaban J connectivity index is 0.00000312. The molecule has 0 amide bonds. The molecular formula is C35H39ClN6O2. The van der Waals surface area contributed by atoms with Gasteiger partial charge in [-0.25, -0.2) is 0 Å². The Labute approximate surface area is 265 Å². The summed E-state index contributed by atoms with van der Waals surface area (Å²) in [7, 11) is 0. The zero-order valence-corrected chi connectivity index (χ0v) is 25.8. The van der Waals surface area contributed by atoms with Crippen LogP contribution in [0.25, 0.3) is 10.8 Å². The number of phenolic OH excluding ortho intramolecular Hbond substituents is 1. The normalized spacial score (nSPS) is 23.5. The highest BCUT2D eigenvalue weighted by Gasteiger charge is 2.46. The number of anilines is 2. The number of hydrogen-bond acceptors (Lipinski definition) is 8. The number of rotatable bonds is 5. The summed E-state index contributed by atoms with van der Waals surface area (Å²) in [5.74, 6) is 4.54. The highest BCUT2D eigenvalue weighted by molar-refractivity contribution is 6.00. The van der Waals surface area contributed by atoms with Gasteiger partial charge in [-0.3, -0.25) is 4.90 Å².